The van der Waals surface area contributed by atoms with Gasteiger partial charge in [0.25, 0.3) is 0 Å². The van der Waals surface area contributed by atoms with Gasteiger partial charge in [-0.15, -0.1) is 0 Å². The van der Waals surface area contributed by atoms with Crippen LogP contribution in [0.25, 0.3) is 0 Å². The molecule has 110 valence electrons. The second-order valence-electron chi connectivity index (χ2n) is 4.80. The van der Waals surface area contributed by atoms with E-state index in [0.717, 1.165) is 24.2 Å². The Balaban J connectivity index is 2.56. The third kappa shape index (κ3) is 5.84. The molecule has 5 heteroatoms. The Morgan fingerprint density at radius 2 is 2.05 bits per heavy atom. The van der Waals surface area contributed by atoms with E-state index in [-0.39, 0.29) is 17.9 Å². The fourth-order valence-electron chi connectivity index (χ4n) is 1.91. The normalized spacial score (nSPS) is 11.8. The fraction of sp³-hybridized carbons (Fsp3) is 0.467. The maximum absolute atomic E-state index is 11.8. The molecule has 2 amide bonds. The average molecular weight is 277 g/mol. The van der Waals surface area contributed by atoms with Gasteiger partial charge in [0.05, 0.1) is 6.04 Å². The summed E-state index contributed by atoms with van der Waals surface area (Å²) in [5, 5.41) is 8.71. The molecule has 0 spiro atoms. The summed E-state index contributed by atoms with van der Waals surface area (Å²) in [5.74, 6) is -0.0661. The Morgan fingerprint density at radius 1 is 1.30 bits per heavy atom. The zero-order valence-electron chi connectivity index (χ0n) is 12.3. The van der Waals surface area contributed by atoms with Crippen molar-refractivity contribution in [3.8, 4) is 0 Å². The number of rotatable bonds is 7. The minimum Gasteiger partial charge on any atom is -0.350 e. The van der Waals surface area contributed by atoms with E-state index in [1.807, 2.05) is 38.2 Å². The molecule has 0 heterocycles. The van der Waals surface area contributed by atoms with Gasteiger partial charge >= 0.3 is 0 Å². The van der Waals surface area contributed by atoms with Crippen LogP contribution in [-0.2, 0) is 9.59 Å². The lowest BCUT2D eigenvalue weighted by atomic mass is 10.1. The van der Waals surface area contributed by atoms with Gasteiger partial charge in [-0.1, -0.05) is 12.1 Å². The first-order valence-corrected chi connectivity index (χ1v) is 6.84. The van der Waals surface area contributed by atoms with Crippen LogP contribution >= 0.6 is 0 Å². The molecule has 0 saturated heterocycles. The summed E-state index contributed by atoms with van der Waals surface area (Å²) in [6.07, 6.45) is 1.33. The molecular formula is C15H23N3O2. The Hall–Kier alpha value is -1.88. The highest BCUT2D eigenvalue weighted by Gasteiger charge is 2.09. The molecule has 1 atom stereocenters. The number of hydrogen-bond acceptors (Lipinski definition) is 3. The Labute approximate surface area is 120 Å². The highest BCUT2D eigenvalue weighted by Crippen LogP contribution is 2.17. The third-order valence-electron chi connectivity index (χ3n) is 2.92. The Morgan fingerprint density at radius 3 is 2.70 bits per heavy atom. The van der Waals surface area contributed by atoms with Crippen LogP contribution in [0.5, 0.6) is 0 Å². The van der Waals surface area contributed by atoms with Crippen LogP contribution in [0.1, 0.15) is 38.3 Å². The minimum atomic E-state index is -0.106. The molecule has 20 heavy (non-hydrogen) atoms. The van der Waals surface area contributed by atoms with Gasteiger partial charge in [0.1, 0.15) is 0 Å². The molecule has 1 rings (SSSR count). The van der Waals surface area contributed by atoms with E-state index >= 15 is 0 Å². The summed E-state index contributed by atoms with van der Waals surface area (Å²) < 4.78 is 0. The Bertz CT molecular complexity index is 460. The monoisotopic (exact) mass is 277 g/mol. The first kappa shape index (κ1) is 16.2. The molecule has 0 saturated carbocycles. The maximum Gasteiger partial charge on any atom is 0.221 e. The van der Waals surface area contributed by atoms with Crippen molar-refractivity contribution in [3.63, 3.8) is 0 Å². The lowest BCUT2D eigenvalue weighted by Gasteiger charge is -2.15. The topological polar surface area (TPSA) is 70.2 Å². The minimum absolute atomic E-state index is 0.0395. The predicted molar refractivity (Wildman–Crippen MR) is 80.5 cm³/mol. The van der Waals surface area contributed by atoms with E-state index in [4.69, 9.17) is 0 Å². The third-order valence-corrected chi connectivity index (χ3v) is 2.92. The smallest absolute Gasteiger partial charge is 0.221 e. The zero-order chi connectivity index (χ0) is 15.0. The molecule has 0 aromatic heterocycles. The maximum atomic E-state index is 11.8. The van der Waals surface area contributed by atoms with E-state index in [1.54, 1.807) is 0 Å². The zero-order valence-corrected chi connectivity index (χ0v) is 12.3. The van der Waals surface area contributed by atoms with E-state index in [9.17, 15) is 9.59 Å². The van der Waals surface area contributed by atoms with E-state index < -0.39 is 0 Å². The highest BCUT2D eigenvalue weighted by atomic mass is 16.2. The van der Waals surface area contributed by atoms with Crippen LogP contribution in [0, 0.1) is 0 Å². The molecule has 1 aromatic rings. The van der Waals surface area contributed by atoms with Crippen molar-refractivity contribution in [2.45, 2.75) is 32.7 Å². The molecule has 0 bridgehead atoms. The fourth-order valence-corrected chi connectivity index (χ4v) is 1.91. The second-order valence-corrected chi connectivity index (χ2v) is 4.80. The second kappa shape index (κ2) is 8.32. The van der Waals surface area contributed by atoms with Gasteiger partial charge in [0.2, 0.25) is 11.8 Å². The molecule has 0 fully saturated rings. The number of benzene rings is 1. The molecule has 0 aliphatic carbocycles. The molecule has 0 aliphatic rings. The van der Waals surface area contributed by atoms with E-state index in [1.165, 1.54) is 6.92 Å². The van der Waals surface area contributed by atoms with Crippen molar-refractivity contribution >= 4 is 17.5 Å². The quantitative estimate of drug-likeness (QED) is 0.666. The number of amides is 2. The van der Waals surface area contributed by atoms with E-state index in [2.05, 4.69) is 16.0 Å². The van der Waals surface area contributed by atoms with Gasteiger partial charge in [-0.05, 0) is 44.6 Å². The highest BCUT2D eigenvalue weighted by molar-refractivity contribution is 5.88. The SMILES string of the molecule is CNCCCC(=O)NC(C)c1cccc(NC(C)=O)c1. The standard InChI is InChI=1S/C15H23N3O2/c1-11(17-15(20)8-5-9-16-3)13-6-4-7-14(10-13)18-12(2)19/h4,6-7,10-11,16H,5,8-9H2,1-3H3,(H,17,20)(H,18,19). The number of carbonyl (C=O) groups is 2. The van der Waals surface area contributed by atoms with Gasteiger partial charge in [0, 0.05) is 19.0 Å². The van der Waals surface area contributed by atoms with Crippen molar-refractivity contribution in [1.29, 1.82) is 0 Å². The Kier molecular flexibility index (Phi) is 6.73. The molecule has 5 nitrogen and oxygen atoms in total. The molecule has 0 aliphatic heterocycles. The number of nitrogens with one attached hydrogen (secondary N) is 3. The molecule has 1 unspecified atom stereocenters. The van der Waals surface area contributed by atoms with E-state index in [0.29, 0.717) is 6.42 Å². The summed E-state index contributed by atoms with van der Waals surface area (Å²) in [5.41, 5.74) is 1.71. The summed E-state index contributed by atoms with van der Waals surface area (Å²) in [6.45, 7) is 4.24. The summed E-state index contributed by atoms with van der Waals surface area (Å²) in [7, 11) is 1.87. The summed E-state index contributed by atoms with van der Waals surface area (Å²) in [4.78, 5) is 22.8. The number of carbonyl (C=O) groups excluding carboxylic acids is 2. The molecule has 1 aromatic carbocycles. The van der Waals surface area contributed by atoms with Crippen molar-refractivity contribution < 1.29 is 9.59 Å². The number of anilines is 1. The first-order chi connectivity index (χ1) is 9.52. The van der Waals surface area contributed by atoms with Gasteiger partial charge in [-0.25, -0.2) is 0 Å². The van der Waals surface area contributed by atoms with Crippen molar-refractivity contribution in [2.24, 2.45) is 0 Å². The molecular weight excluding hydrogens is 254 g/mol. The van der Waals surface area contributed by atoms with Crippen molar-refractivity contribution in [3.05, 3.63) is 29.8 Å². The van der Waals surface area contributed by atoms with Crippen LogP contribution in [0.2, 0.25) is 0 Å². The van der Waals surface area contributed by atoms with Crippen LogP contribution in [0.4, 0.5) is 5.69 Å². The lowest BCUT2D eigenvalue weighted by molar-refractivity contribution is -0.121. The van der Waals surface area contributed by atoms with Gasteiger partial charge in [0.15, 0.2) is 0 Å². The predicted octanol–water partition coefficient (Wildman–Crippen LogP) is 1.82. The number of hydrogen-bond donors (Lipinski definition) is 3. The molecule has 3 N–H and O–H groups in total. The largest absolute Gasteiger partial charge is 0.350 e. The van der Waals surface area contributed by atoms with Crippen molar-refractivity contribution in [2.75, 3.05) is 18.9 Å². The van der Waals surface area contributed by atoms with Gasteiger partial charge in [-0.2, -0.15) is 0 Å². The van der Waals surface area contributed by atoms with Gasteiger partial charge in [-0.3, -0.25) is 9.59 Å². The van der Waals surface area contributed by atoms with Crippen LogP contribution in [-0.4, -0.2) is 25.4 Å². The van der Waals surface area contributed by atoms with Crippen LogP contribution in [0.3, 0.4) is 0 Å². The van der Waals surface area contributed by atoms with Gasteiger partial charge < -0.3 is 16.0 Å². The molecule has 0 radical (unpaired) electrons. The van der Waals surface area contributed by atoms with Crippen molar-refractivity contribution in [1.82, 2.24) is 10.6 Å². The first-order valence-electron chi connectivity index (χ1n) is 6.84. The average Bonchev–Trinajstić information content (AvgIpc) is 2.38. The lowest BCUT2D eigenvalue weighted by Crippen LogP contribution is -2.27. The van der Waals surface area contributed by atoms with Crippen LogP contribution in [0.15, 0.2) is 24.3 Å². The van der Waals surface area contributed by atoms with Crippen LogP contribution < -0.4 is 16.0 Å². The summed E-state index contributed by atoms with van der Waals surface area (Å²) in [6, 6.07) is 7.42. The summed E-state index contributed by atoms with van der Waals surface area (Å²) >= 11 is 0.